The summed E-state index contributed by atoms with van der Waals surface area (Å²) in [6.45, 7) is 0.144. The van der Waals surface area contributed by atoms with E-state index in [9.17, 15) is 13.5 Å². The lowest BCUT2D eigenvalue weighted by Crippen LogP contribution is -2.26. The van der Waals surface area contributed by atoms with Gasteiger partial charge in [-0.05, 0) is 52.2 Å². The number of methoxy groups -OCH3 is 1. The smallest absolute Gasteiger partial charge is 0.244 e. The van der Waals surface area contributed by atoms with Gasteiger partial charge in [-0.15, -0.1) is 0 Å². The first-order valence-electron chi connectivity index (χ1n) is 6.74. The number of hydrogen-bond acceptors (Lipinski definition) is 4. The minimum atomic E-state index is -3.93. The molecule has 0 aliphatic carbocycles. The number of aromatic hydroxyl groups is 1. The fourth-order valence-corrected chi connectivity index (χ4v) is 4.40. The maximum atomic E-state index is 12.3. The van der Waals surface area contributed by atoms with Crippen LogP contribution >= 0.6 is 39.1 Å². The lowest BCUT2D eigenvalue weighted by molar-refractivity contribution is 0.412. The zero-order valence-corrected chi connectivity index (χ0v) is 16.4. The zero-order valence-electron chi connectivity index (χ0n) is 12.5. The van der Waals surface area contributed by atoms with Gasteiger partial charge >= 0.3 is 0 Å². The molecular formula is C15H14BrCl2NO4S. The molecule has 0 saturated heterocycles. The summed E-state index contributed by atoms with van der Waals surface area (Å²) in [6.07, 6.45) is 0.455. The first-order chi connectivity index (χ1) is 11.2. The fraction of sp³-hybridized carbons (Fsp3) is 0.200. The van der Waals surface area contributed by atoms with Crippen molar-refractivity contribution in [2.45, 2.75) is 11.3 Å². The van der Waals surface area contributed by atoms with Crippen LogP contribution in [-0.4, -0.2) is 27.2 Å². The van der Waals surface area contributed by atoms with Crippen LogP contribution in [-0.2, 0) is 16.4 Å². The predicted octanol–water partition coefficient (Wildman–Crippen LogP) is 3.99. The number of hydrogen-bond donors (Lipinski definition) is 2. The van der Waals surface area contributed by atoms with Crippen molar-refractivity contribution in [1.82, 2.24) is 4.72 Å². The summed E-state index contributed by atoms with van der Waals surface area (Å²) in [5.74, 6) is 0.165. The molecular weight excluding hydrogens is 441 g/mol. The zero-order chi connectivity index (χ0) is 17.9. The van der Waals surface area contributed by atoms with Crippen LogP contribution in [0.4, 0.5) is 0 Å². The number of benzene rings is 2. The van der Waals surface area contributed by atoms with Crippen LogP contribution in [0, 0.1) is 0 Å². The summed E-state index contributed by atoms with van der Waals surface area (Å²) >= 11 is 14.9. The van der Waals surface area contributed by atoms with Gasteiger partial charge in [0.2, 0.25) is 10.0 Å². The number of halogens is 3. The Bertz CT molecular complexity index is 859. The molecule has 0 aliphatic heterocycles. The Labute approximate surface area is 158 Å². The molecule has 2 aromatic rings. The van der Waals surface area contributed by atoms with Crippen molar-refractivity contribution in [3.8, 4) is 11.5 Å². The van der Waals surface area contributed by atoms with Gasteiger partial charge in [-0.3, -0.25) is 0 Å². The lowest BCUT2D eigenvalue weighted by atomic mass is 10.1. The third-order valence-electron chi connectivity index (χ3n) is 3.20. The average molecular weight is 455 g/mol. The van der Waals surface area contributed by atoms with Gasteiger partial charge in [0.25, 0.3) is 0 Å². The Morgan fingerprint density at radius 2 is 1.96 bits per heavy atom. The summed E-state index contributed by atoms with van der Waals surface area (Å²) in [6, 6.07) is 7.89. The van der Waals surface area contributed by atoms with Gasteiger partial charge in [0, 0.05) is 11.6 Å². The van der Waals surface area contributed by atoms with Crippen molar-refractivity contribution in [3.05, 3.63) is 50.4 Å². The minimum absolute atomic E-state index is 0.122. The largest absolute Gasteiger partial charge is 0.505 e. The van der Waals surface area contributed by atoms with E-state index < -0.39 is 15.8 Å². The number of sulfonamides is 1. The molecule has 0 heterocycles. The molecule has 9 heteroatoms. The molecule has 0 unspecified atom stereocenters. The van der Waals surface area contributed by atoms with E-state index in [-0.39, 0.29) is 21.5 Å². The molecule has 24 heavy (non-hydrogen) atoms. The van der Waals surface area contributed by atoms with Gasteiger partial charge in [-0.1, -0.05) is 29.3 Å². The summed E-state index contributed by atoms with van der Waals surface area (Å²) < 4.78 is 32.9. The molecule has 0 bridgehead atoms. The summed E-state index contributed by atoms with van der Waals surface area (Å²) in [5.41, 5.74) is 0.915. The second-order valence-electron chi connectivity index (χ2n) is 4.85. The maximum Gasteiger partial charge on any atom is 0.244 e. The van der Waals surface area contributed by atoms with Crippen molar-refractivity contribution < 1.29 is 18.3 Å². The third-order valence-corrected chi connectivity index (χ3v) is 5.81. The molecule has 5 nitrogen and oxygen atoms in total. The molecule has 0 amide bonds. The molecule has 130 valence electrons. The van der Waals surface area contributed by atoms with Gasteiger partial charge in [0.1, 0.15) is 10.6 Å². The highest BCUT2D eigenvalue weighted by Crippen LogP contribution is 2.34. The minimum Gasteiger partial charge on any atom is -0.505 e. The summed E-state index contributed by atoms with van der Waals surface area (Å²) in [4.78, 5) is -0.351. The van der Waals surface area contributed by atoms with Gasteiger partial charge in [-0.2, -0.15) is 0 Å². The quantitative estimate of drug-likeness (QED) is 0.691. The third kappa shape index (κ3) is 4.55. The second kappa shape index (κ2) is 7.93. The SMILES string of the molecule is COc1ccc(CCNS(=O)(=O)c2cc(Cl)cc(Cl)c2O)cc1Br. The number of nitrogens with one attached hydrogen (secondary N) is 1. The van der Waals surface area contributed by atoms with E-state index in [0.717, 1.165) is 16.1 Å². The highest BCUT2D eigenvalue weighted by molar-refractivity contribution is 9.10. The first kappa shape index (κ1) is 19.3. The van der Waals surface area contributed by atoms with Gasteiger partial charge in [0.05, 0.1) is 16.6 Å². The van der Waals surface area contributed by atoms with Crippen molar-refractivity contribution in [2.75, 3.05) is 13.7 Å². The molecule has 0 saturated carbocycles. The summed E-state index contributed by atoms with van der Waals surface area (Å²) in [5, 5.41) is 9.84. The van der Waals surface area contributed by atoms with Crippen molar-refractivity contribution >= 4 is 49.2 Å². The predicted molar refractivity (Wildman–Crippen MR) is 97.7 cm³/mol. The van der Waals surface area contributed by atoms with E-state index in [1.54, 1.807) is 13.2 Å². The van der Waals surface area contributed by atoms with E-state index in [1.807, 2.05) is 12.1 Å². The van der Waals surface area contributed by atoms with Crippen molar-refractivity contribution in [1.29, 1.82) is 0 Å². The highest BCUT2D eigenvalue weighted by Gasteiger charge is 2.21. The lowest BCUT2D eigenvalue weighted by Gasteiger charge is -2.10. The van der Waals surface area contributed by atoms with E-state index in [2.05, 4.69) is 20.7 Å². The van der Waals surface area contributed by atoms with E-state index in [0.29, 0.717) is 12.2 Å². The van der Waals surface area contributed by atoms with Crippen LogP contribution in [0.2, 0.25) is 10.0 Å². The van der Waals surface area contributed by atoms with Crippen LogP contribution in [0.5, 0.6) is 11.5 Å². The number of phenolic OH excluding ortho intramolecular Hbond substituents is 1. The topological polar surface area (TPSA) is 75.6 Å². The van der Waals surface area contributed by atoms with E-state index in [1.165, 1.54) is 6.07 Å². The molecule has 0 fully saturated rings. The van der Waals surface area contributed by atoms with E-state index in [4.69, 9.17) is 27.9 Å². The Hall–Kier alpha value is -0.990. The Kier molecular flexibility index (Phi) is 6.39. The molecule has 0 aromatic heterocycles. The standard InChI is InChI=1S/C15H14BrCl2NO4S/c1-23-13-3-2-9(6-11(13)16)4-5-19-24(21,22)14-8-10(17)7-12(18)15(14)20/h2-3,6-8,19-20H,4-5H2,1H3. The van der Waals surface area contributed by atoms with Crippen LogP contribution in [0.25, 0.3) is 0 Å². The van der Waals surface area contributed by atoms with Crippen LogP contribution < -0.4 is 9.46 Å². The first-order valence-corrected chi connectivity index (χ1v) is 9.78. The number of ether oxygens (including phenoxy) is 1. The maximum absolute atomic E-state index is 12.3. The van der Waals surface area contributed by atoms with Crippen molar-refractivity contribution in [2.24, 2.45) is 0 Å². The Balaban J connectivity index is 2.10. The molecule has 0 spiro atoms. The number of rotatable bonds is 6. The van der Waals surface area contributed by atoms with Crippen LogP contribution in [0.15, 0.2) is 39.7 Å². The molecule has 2 rings (SSSR count). The summed E-state index contributed by atoms with van der Waals surface area (Å²) in [7, 11) is -2.37. The molecule has 2 aromatic carbocycles. The van der Waals surface area contributed by atoms with Gasteiger partial charge in [-0.25, -0.2) is 13.1 Å². The molecule has 0 atom stereocenters. The average Bonchev–Trinajstić information content (AvgIpc) is 2.50. The second-order valence-corrected chi connectivity index (χ2v) is 8.28. The molecule has 0 aliphatic rings. The molecule has 2 N–H and O–H groups in total. The van der Waals surface area contributed by atoms with E-state index >= 15 is 0 Å². The highest BCUT2D eigenvalue weighted by atomic mass is 79.9. The Morgan fingerprint density at radius 1 is 1.25 bits per heavy atom. The van der Waals surface area contributed by atoms with Gasteiger partial charge < -0.3 is 9.84 Å². The fourth-order valence-electron chi connectivity index (χ4n) is 2.02. The van der Waals surface area contributed by atoms with Crippen molar-refractivity contribution in [3.63, 3.8) is 0 Å². The number of phenols is 1. The van der Waals surface area contributed by atoms with Crippen LogP contribution in [0.1, 0.15) is 5.56 Å². The molecule has 0 radical (unpaired) electrons. The van der Waals surface area contributed by atoms with Crippen LogP contribution in [0.3, 0.4) is 0 Å². The van der Waals surface area contributed by atoms with Gasteiger partial charge in [0.15, 0.2) is 5.75 Å². The monoisotopic (exact) mass is 453 g/mol. The Morgan fingerprint density at radius 3 is 2.58 bits per heavy atom. The normalized spacial score (nSPS) is 11.5.